The molecule has 0 bridgehead atoms. The lowest BCUT2D eigenvalue weighted by Crippen LogP contribution is -2.32. The van der Waals surface area contributed by atoms with Crippen molar-refractivity contribution in [1.29, 1.82) is 0 Å². The van der Waals surface area contributed by atoms with Crippen molar-refractivity contribution in [3.63, 3.8) is 0 Å². The van der Waals surface area contributed by atoms with Crippen LogP contribution in [0.25, 0.3) is 10.9 Å². The summed E-state index contributed by atoms with van der Waals surface area (Å²) in [6.45, 7) is 5.81. The van der Waals surface area contributed by atoms with Crippen LogP contribution in [0, 0.1) is 13.8 Å². The van der Waals surface area contributed by atoms with Crippen LogP contribution in [0.2, 0.25) is 0 Å². The molecule has 1 aromatic carbocycles. The zero-order valence-corrected chi connectivity index (χ0v) is 14.7. The van der Waals surface area contributed by atoms with E-state index < -0.39 is 0 Å². The van der Waals surface area contributed by atoms with E-state index >= 15 is 0 Å². The molecule has 1 N–H and O–H groups in total. The highest BCUT2D eigenvalue weighted by molar-refractivity contribution is 5.83. The minimum Gasteiger partial charge on any atom is -0.343 e. The Labute approximate surface area is 142 Å². The van der Waals surface area contributed by atoms with E-state index in [4.69, 9.17) is 0 Å². The third-order valence-electron chi connectivity index (χ3n) is 4.96. The zero-order chi connectivity index (χ0) is 17.1. The van der Waals surface area contributed by atoms with Gasteiger partial charge in [-0.2, -0.15) is 0 Å². The van der Waals surface area contributed by atoms with Crippen molar-refractivity contribution in [3.05, 3.63) is 45.2 Å². The van der Waals surface area contributed by atoms with Crippen molar-refractivity contribution in [3.8, 4) is 0 Å². The fourth-order valence-electron chi connectivity index (χ4n) is 3.62. The lowest BCUT2D eigenvalue weighted by Gasteiger charge is -2.20. The van der Waals surface area contributed by atoms with E-state index in [2.05, 4.69) is 18.0 Å². The molecule has 1 aliphatic rings. The number of amides is 1. The number of aromatic nitrogens is 1. The first-order valence-electron chi connectivity index (χ1n) is 8.95. The standard InChI is InChI=1S/C20H26N2O2/c1-14-11-15(2)17-13-16(20(24)21-18(17)12-14)7-8-19(23)22-9-5-3-4-6-10-22/h11-13H,3-10H2,1-2H3,(H,21,24). The molecular formula is C20H26N2O2. The molecule has 0 atom stereocenters. The Balaban J connectivity index is 1.76. The van der Waals surface area contributed by atoms with Crippen LogP contribution in [0.1, 0.15) is 48.8 Å². The minimum absolute atomic E-state index is 0.0730. The van der Waals surface area contributed by atoms with E-state index in [0.29, 0.717) is 18.4 Å². The number of aryl methyl sites for hydroxylation is 3. The maximum Gasteiger partial charge on any atom is 0.251 e. The molecule has 0 radical (unpaired) electrons. The highest BCUT2D eigenvalue weighted by Gasteiger charge is 2.16. The fraction of sp³-hybridized carbons (Fsp3) is 0.500. The minimum atomic E-state index is -0.0730. The summed E-state index contributed by atoms with van der Waals surface area (Å²) in [5, 5.41) is 1.07. The van der Waals surface area contributed by atoms with Crippen molar-refractivity contribution in [1.82, 2.24) is 9.88 Å². The van der Waals surface area contributed by atoms with Gasteiger partial charge in [-0.1, -0.05) is 18.9 Å². The number of nitrogens with zero attached hydrogens (tertiary/aromatic N) is 1. The van der Waals surface area contributed by atoms with Crippen LogP contribution >= 0.6 is 0 Å². The van der Waals surface area contributed by atoms with Crippen LogP contribution in [0.15, 0.2) is 23.0 Å². The summed E-state index contributed by atoms with van der Waals surface area (Å²) in [5.41, 5.74) is 3.80. The average molecular weight is 326 g/mol. The number of aromatic amines is 1. The smallest absolute Gasteiger partial charge is 0.251 e. The number of hydrogen-bond acceptors (Lipinski definition) is 2. The van der Waals surface area contributed by atoms with Crippen molar-refractivity contribution in [2.75, 3.05) is 13.1 Å². The first-order chi connectivity index (χ1) is 11.5. The van der Waals surface area contributed by atoms with Crippen LogP contribution in [0.3, 0.4) is 0 Å². The molecule has 4 heteroatoms. The van der Waals surface area contributed by atoms with Crippen LogP contribution in [-0.4, -0.2) is 28.9 Å². The summed E-state index contributed by atoms with van der Waals surface area (Å²) < 4.78 is 0. The van der Waals surface area contributed by atoms with Crippen LogP contribution in [-0.2, 0) is 11.2 Å². The summed E-state index contributed by atoms with van der Waals surface area (Å²) in [6, 6.07) is 6.07. The number of fused-ring (bicyclic) bond motifs is 1. The van der Waals surface area contributed by atoms with Gasteiger partial charge in [0, 0.05) is 36.0 Å². The topological polar surface area (TPSA) is 53.2 Å². The number of H-pyrrole nitrogens is 1. The molecule has 1 aliphatic heterocycles. The van der Waals surface area contributed by atoms with Crippen LogP contribution < -0.4 is 5.56 Å². The molecule has 1 amide bonds. The van der Waals surface area contributed by atoms with Gasteiger partial charge in [-0.25, -0.2) is 0 Å². The molecule has 1 aromatic heterocycles. The van der Waals surface area contributed by atoms with E-state index in [0.717, 1.165) is 48.0 Å². The van der Waals surface area contributed by atoms with Crippen LogP contribution in [0.5, 0.6) is 0 Å². The fourth-order valence-corrected chi connectivity index (χ4v) is 3.62. The van der Waals surface area contributed by atoms with Gasteiger partial charge < -0.3 is 9.88 Å². The average Bonchev–Trinajstić information content (AvgIpc) is 2.82. The molecule has 0 spiro atoms. The van der Waals surface area contributed by atoms with E-state index in [1.54, 1.807) is 0 Å². The Hall–Kier alpha value is -2.10. The molecule has 128 valence electrons. The molecule has 4 nitrogen and oxygen atoms in total. The molecule has 1 saturated heterocycles. The van der Waals surface area contributed by atoms with Gasteiger partial charge in [0.2, 0.25) is 5.91 Å². The molecule has 2 aromatic rings. The Bertz CT molecular complexity index is 799. The molecule has 0 saturated carbocycles. The molecule has 3 rings (SSSR count). The second-order valence-electron chi connectivity index (χ2n) is 6.96. The normalized spacial score (nSPS) is 15.5. The Morgan fingerprint density at radius 3 is 2.50 bits per heavy atom. The largest absolute Gasteiger partial charge is 0.343 e. The predicted octanol–water partition coefficient (Wildman–Crippen LogP) is 3.48. The van der Waals surface area contributed by atoms with Crippen molar-refractivity contribution < 1.29 is 4.79 Å². The predicted molar refractivity (Wildman–Crippen MR) is 97.4 cm³/mol. The first kappa shape index (κ1) is 16.7. The van der Waals surface area contributed by atoms with E-state index in [1.807, 2.05) is 24.0 Å². The third kappa shape index (κ3) is 3.69. The SMILES string of the molecule is Cc1cc(C)c2cc(CCC(=O)N3CCCCCC3)c(=O)[nH]c2c1. The lowest BCUT2D eigenvalue weighted by atomic mass is 10.0. The third-order valence-corrected chi connectivity index (χ3v) is 4.96. The second kappa shape index (κ2) is 7.20. The summed E-state index contributed by atoms with van der Waals surface area (Å²) >= 11 is 0. The molecule has 24 heavy (non-hydrogen) atoms. The first-order valence-corrected chi connectivity index (χ1v) is 8.95. The second-order valence-corrected chi connectivity index (χ2v) is 6.96. The van der Waals surface area contributed by atoms with Gasteiger partial charge in [0.05, 0.1) is 0 Å². The lowest BCUT2D eigenvalue weighted by molar-refractivity contribution is -0.131. The maximum absolute atomic E-state index is 12.4. The number of nitrogens with one attached hydrogen (secondary N) is 1. The highest BCUT2D eigenvalue weighted by atomic mass is 16.2. The number of carbonyl (C=O) groups excluding carboxylic acids is 1. The molecular weight excluding hydrogens is 300 g/mol. The van der Waals surface area contributed by atoms with E-state index in [9.17, 15) is 9.59 Å². The Morgan fingerprint density at radius 1 is 1.08 bits per heavy atom. The molecule has 0 aliphatic carbocycles. The highest BCUT2D eigenvalue weighted by Crippen LogP contribution is 2.19. The van der Waals surface area contributed by atoms with Gasteiger partial charge in [-0.15, -0.1) is 0 Å². The van der Waals surface area contributed by atoms with E-state index in [1.165, 1.54) is 12.8 Å². The number of likely N-dealkylation sites (tertiary alicyclic amines) is 1. The van der Waals surface area contributed by atoms with Gasteiger partial charge >= 0.3 is 0 Å². The van der Waals surface area contributed by atoms with Gasteiger partial charge in [0.15, 0.2) is 0 Å². The number of rotatable bonds is 3. The Morgan fingerprint density at radius 2 is 1.79 bits per heavy atom. The maximum atomic E-state index is 12.4. The summed E-state index contributed by atoms with van der Waals surface area (Å²) in [7, 11) is 0. The van der Waals surface area contributed by atoms with Crippen molar-refractivity contribution >= 4 is 16.8 Å². The van der Waals surface area contributed by atoms with E-state index in [-0.39, 0.29) is 11.5 Å². The molecule has 1 fully saturated rings. The summed E-state index contributed by atoms with van der Waals surface area (Å²) in [6.07, 6.45) is 5.55. The summed E-state index contributed by atoms with van der Waals surface area (Å²) in [5.74, 6) is 0.178. The molecule has 0 unspecified atom stereocenters. The quantitative estimate of drug-likeness (QED) is 0.939. The van der Waals surface area contributed by atoms with Gasteiger partial charge in [0.25, 0.3) is 5.56 Å². The van der Waals surface area contributed by atoms with Gasteiger partial charge in [-0.3, -0.25) is 9.59 Å². The number of benzene rings is 1. The van der Waals surface area contributed by atoms with Crippen molar-refractivity contribution in [2.45, 2.75) is 52.4 Å². The number of hydrogen-bond donors (Lipinski definition) is 1. The molecule has 2 heterocycles. The number of carbonyl (C=O) groups is 1. The Kier molecular flexibility index (Phi) is 5.03. The van der Waals surface area contributed by atoms with Crippen LogP contribution in [0.4, 0.5) is 0 Å². The van der Waals surface area contributed by atoms with Gasteiger partial charge in [-0.05, 0) is 56.4 Å². The number of pyridine rings is 1. The monoisotopic (exact) mass is 326 g/mol. The van der Waals surface area contributed by atoms with Gasteiger partial charge in [0.1, 0.15) is 0 Å². The zero-order valence-electron chi connectivity index (χ0n) is 14.7. The summed E-state index contributed by atoms with van der Waals surface area (Å²) in [4.78, 5) is 29.7. The van der Waals surface area contributed by atoms with Crippen molar-refractivity contribution in [2.24, 2.45) is 0 Å².